The van der Waals surface area contributed by atoms with Gasteiger partial charge in [-0.25, -0.2) is 22.2 Å². The molecule has 0 saturated heterocycles. The molecule has 1 aromatic heterocycles. The van der Waals surface area contributed by atoms with Crippen molar-refractivity contribution in [1.82, 2.24) is 9.55 Å². The van der Waals surface area contributed by atoms with Gasteiger partial charge in [-0.3, -0.25) is 4.79 Å². The summed E-state index contributed by atoms with van der Waals surface area (Å²) in [6.45, 7) is 2.37. The monoisotopic (exact) mass is 488 g/mol. The number of anilines is 1. The van der Waals surface area contributed by atoms with E-state index in [1.54, 1.807) is 6.92 Å². The third-order valence-corrected chi connectivity index (χ3v) is 8.70. The van der Waals surface area contributed by atoms with E-state index in [1.807, 2.05) is 22.8 Å². The quantitative estimate of drug-likeness (QED) is 0.525. The third-order valence-electron chi connectivity index (χ3n) is 6.91. The SMILES string of the molecule is CCS(=O)(=O)CCCn1c(CN2C(=O)C3(CC3)c3c(F)cc(F)cc32)nc2cc(CN)ccc21. The Morgan fingerprint density at radius 3 is 2.62 bits per heavy atom. The van der Waals surface area contributed by atoms with Crippen LogP contribution in [0.1, 0.15) is 43.1 Å². The smallest absolute Gasteiger partial charge is 0.238 e. The molecular formula is C24H26F2N4O3S. The van der Waals surface area contributed by atoms with Crippen LogP contribution in [0.5, 0.6) is 0 Å². The van der Waals surface area contributed by atoms with Gasteiger partial charge < -0.3 is 15.2 Å². The molecule has 2 aliphatic rings. The molecule has 2 aromatic carbocycles. The van der Waals surface area contributed by atoms with Crippen molar-refractivity contribution >= 4 is 32.5 Å². The Morgan fingerprint density at radius 1 is 1.18 bits per heavy atom. The summed E-state index contributed by atoms with van der Waals surface area (Å²) < 4.78 is 54.7. The largest absolute Gasteiger partial charge is 0.326 e. The number of aryl methyl sites for hydroxylation is 1. The van der Waals surface area contributed by atoms with Crippen LogP contribution in [0.15, 0.2) is 30.3 Å². The molecule has 3 aromatic rings. The van der Waals surface area contributed by atoms with Crippen LogP contribution in [0.4, 0.5) is 14.5 Å². The molecule has 0 bridgehead atoms. The number of nitrogens with two attached hydrogens (primary N) is 1. The lowest BCUT2D eigenvalue weighted by Crippen LogP contribution is -2.32. The van der Waals surface area contributed by atoms with E-state index >= 15 is 0 Å². The highest BCUT2D eigenvalue weighted by molar-refractivity contribution is 7.91. The van der Waals surface area contributed by atoms with E-state index in [0.29, 0.717) is 43.7 Å². The number of benzene rings is 2. The summed E-state index contributed by atoms with van der Waals surface area (Å²) in [5.41, 5.74) is 7.73. The number of fused-ring (bicyclic) bond motifs is 3. The maximum Gasteiger partial charge on any atom is 0.238 e. The van der Waals surface area contributed by atoms with Crippen molar-refractivity contribution in [2.45, 2.75) is 51.2 Å². The van der Waals surface area contributed by atoms with Gasteiger partial charge in [0.2, 0.25) is 5.91 Å². The fourth-order valence-electron chi connectivity index (χ4n) is 4.92. The molecule has 0 atom stereocenters. The Kier molecular flexibility index (Phi) is 5.48. The summed E-state index contributed by atoms with van der Waals surface area (Å²) in [7, 11) is -3.14. The van der Waals surface area contributed by atoms with Crippen LogP contribution < -0.4 is 10.6 Å². The number of nitrogens with zero attached hydrogens (tertiary/aromatic N) is 3. The molecule has 1 aliphatic heterocycles. The number of aromatic nitrogens is 2. The van der Waals surface area contributed by atoms with E-state index < -0.39 is 26.9 Å². The summed E-state index contributed by atoms with van der Waals surface area (Å²) in [5, 5.41) is 0. The maximum atomic E-state index is 14.7. The van der Waals surface area contributed by atoms with Gasteiger partial charge in [-0.15, -0.1) is 0 Å². The van der Waals surface area contributed by atoms with E-state index in [4.69, 9.17) is 10.7 Å². The average molecular weight is 489 g/mol. The Labute approximate surface area is 196 Å². The predicted molar refractivity (Wildman–Crippen MR) is 125 cm³/mol. The summed E-state index contributed by atoms with van der Waals surface area (Å²) in [4.78, 5) is 19.5. The number of hydrogen-bond donors (Lipinski definition) is 1. The molecule has 34 heavy (non-hydrogen) atoms. The Morgan fingerprint density at radius 2 is 1.94 bits per heavy atom. The zero-order chi connectivity index (χ0) is 24.3. The lowest BCUT2D eigenvalue weighted by molar-refractivity contribution is -0.120. The molecular weight excluding hydrogens is 462 g/mol. The minimum absolute atomic E-state index is 0.0314. The van der Waals surface area contributed by atoms with E-state index in [9.17, 15) is 22.0 Å². The Bertz CT molecular complexity index is 1410. The summed E-state index contributed by atoms with van der Waals surface area (Å²) in [5.74, 6) is -1.05. The first-order chi connectivity index (χ1) is 16.2. The third kappa shape index (κ3) is 3.69. The molecule has 2 heterocycles. The Hall–Kier alpha value is -2.85. The fraction of sp³-hybridized carbons (Fsp3) is 0.417. The van der Waals surface area contributed by atoms with E-state index in [0.717, 1.165) is 17.1 Å². The van der Waals surface area contributed by atoms with Crippen molar-refractivity contribution < 1.29 is 22.0 Å². The fourth-order valence-corrected chi connectivity index (χ4v) is 5.78. The summed E-state index contributed by atoms with van der Waals surface area (Å²) in [6.07, 6.45) is 1.44. The number of amides is 1. The second kappa shape index (κ2) is 8.13. The van der Waals surface area contributed by atoms with Crippen molar-refractivity contribution in [3.8, 4) is 0 Å². The van der Waals surface area contributed by atoms with E-state index in [2.05, 4.69) is 0 Å². The molecule has 2 N–H and O–H groups in total. The molecule has 1 spiro atoms. The molecule has 0 unspecified atom stereocenters. The normalized spacial score (nSPS) is 16.6. The van der Waals surface area contributed by atoms with Crippen LogP contribution in [0.3, 0.4) is 0 Å². The summed E-state index contributed by atoms with van der Waals surface area (Å²) >= 11 is 0. The zero-order valence-corrected chi connectivity index (χ0v) is 19.7. The molecule has 10 heteroatoms. The average Bonchev–Trinajstić information content (AvgIpc) is 3.48. The first-order valence-electron chi connectivity index (χ1n) is 11.4. The van der Waals surface area contributed by atoms with Crippen LogP contribution in [0.25, 0.3) is 11.0 Å². The molecule has 1 aliphatic carbocycles. The Balaban J connectivity index is 1.54. The molecule has 180 valence electrons. The van der Waals surface area contributed by atoms with E-state index in [-0.39, 0.29) is 35.2 Å². The van der Waals surface area contributed by atoms with Gasteiger partial charge in [-0.2, -0.15) is 0 Å². The molecule has 1 saturated carbocycles. The van der Waals surface area contributed by atoms with Gasteiger partial charge in [-0.1, -0.05) is 13.0 Å². The predicted octanol–water partition coefficient (Wildman–Crippen LogP) is 3.18. The van der Waals surface area contributed by atoms with Gasteiger partial charge in [0.1, 0.15) is 27.3 Å². The van der Waals surface area contributed by atoms with Crippen LogP contribution in [-0.4, -0.2) is 35.4 Å². The first-order valence-corrected chi connectivity index (χ1v) is 13.2. The van der Waals surface area contributed by atoms with Crippen molar-refractivity contribution in [1.29, 1.82) is 0 Å². The number of sulfone groups is 1. The van der Waals surface area contributed by atoms with Crippen molar-refractivity contribution in [3.63, 3.8) is 0 Å². The highest BCUT2D eigenvalue weighted by atomic mass is 32.2. The minimum Gasteiger partial charge on any atom is -0.326 e. The van der Waals surface area contributed by atoms with E-state index in [1.165, 1.54) is 11.0 Å². The first kappa shape index (κ1) is 22.9. The van der Waals surface area contributed by atoms with Crippen molar-refractivity contribution in [3.05, 3.63) is 58.9 Å². The number of rotatable bonds is 8. The lowest BCUT2D eigenvalue weighted by Gasteiger charge is -2.19. The second-order valence-corrected chi connectivity index (χ2v) is 11.5. The van der Waals surface area contributed by atoms with Crippen LogP contribution in [0, 0.1) is 11.6 Å². The number of halogens is 2. The van der Waals surface area contributed by atoms with Gasteiger partial charge >= 0.3 is 0 Å². The second-order valence-electron chi connectivity index (χ2n) is 9.05. The molecule has 1 amide bonds. The van der Waals surface area contributed by atoms with Gasteiger partial charge in [-0.05, 0) is 43.0 Å². The van der Waals surface area contributed by atoms with Crippen LogP contribution >= 0.6 is 0 Å². The number of carbonyl (C=O) groups excluding carboxylic acids is 1. The number of carbonyl (C=O) groups is 1. The molecule has 5 rings (SSSR count). The summed E-state index contributed by atoms with van der Waals surface area (Å²) in [6, 6.07) is 7.65. The highest BCUT2D eigenvalue weighted by Gasteiger charge is 2.60. The standard InChI is InChI=1S/C24H26F2N4O3S/c1-2-34(32,33)9-3-8-29-19-5-4-15(13-27)10-18(19)28-21(29)14-30-20-12-16(25)11-17(26)22(20)24(6-7-24)23(30)31/h4-5,10-12H,2-3,6-9,13-14,27H2,1H3. The topological polar surface area (TPSA) is 98.3 Å². The zero-order valence-electron chi connectivity index (χ0n) is 18.9. The van der Waals surface area contributed by atoms with Crippen LogP contribution in [-0.2, 0) is 39.7 Å². The van der Waals surface area contributed by atoms with Crippen LogP contribution in [0.2, 0.25) is 0 Å². The number of hydrogen-bond acceptors (Lipinski definition) is 5. The van der Waals surface area contributed by atoms with Gasteiger partial charge in [0.05, 0.1) is 34.4 Å². The molecule has 0 radical (unpaired) electrons. The highest BCUT2D eigenvalue weighted by Crippen LogP contribution is 2.58. The van der Waals surface area contributed by atoms with Crippen molar-refractivity contribution in [2.24, 2.45) is 5.73 Å². The van der Waals surface area contributed by atoms with Gasteiger partial charge in [0, 0.05) is 30.5 Å². The molecule has 7 nitrogen and oxygen atoms in total. The van der Waals surface area contributed by atoms with Gasteiger partial charge in [0.15, 0.2) is 0 Å². The van der Waals surface area contributed by atoms with Crippen molar-refractivity contribution in [2.75, 3.05) is 16.4 Å². The lowest BCUT2D eigenvalue weighted by atomic mass is 9.97. The number of imidazole rings is 1. The molecule has 1 fully saturated rings. The van der Waals surface area contributed by atoms with Gasteiger partial charge in [0.25, 0.3) is 0 Å². The maximum absolute atomic E-state index is 14.7. The minimum atomic E-state index is -3.14.